The normalized spacial score (nSPS) is 14.4. The largest absolute Gasteiger partial charge is 0.361 e. The second-order valence-corrected chi connectivity index (χ2v) is 5.68. The summed E-state index contributed by atoms with van der Waals surface area (Å²) < 4.78 is -1.50. The van der Waals surface area contributed by atoms with Gasteiger partial charge in [0.05, 0.1) is 6.04 Å². The Kier molecular flexibility index (Phi) is 2.86. The summed E-state index contributed by atoms with van der Waals surface area (Å²) in [6.45, 7) is 0. The van der Waals surface area contributed by atoms with Crippen LogP contribution in [0.25, 0.3) is 10.9 Å². The zero-order chi connectivity index (χ0) is 11.1. The van der Waals surface area contributed by atoms with E-state index in [9.17, 15) is 0 Å². The summed E-state index contributed by atoms with van der Waals surface area (Å²) >= 11 is 17.3. The fourth-order valence-electron chi connectivity index (χ4n) is 1.53. The fraction of sp³-hybridized carbons (Fsp3) is 0.200. The van der Waals surface area contributed by atoms with Crippen LogP contribution in [-0.4, -0.2) is 8.78 Å². The second-order valence-electron chi connectivity index (χ2n) is 3.31. The van der Waals surface area contributed by atoms with Gasteiger partial charge in [-0.25, -0.2) is 0 Å². The van der Waals surface area contributed by atoms with Crippen LogP contribution in [0.15, 0.2) is 30.5 Å². The molecular formula is C10H9Cl3N2. The molecule has 2 rings (SSSR count). The minimum absolute atomic E-state index is 0.640. The molecule has 0 fully saturated rings. The van der Waals surface area contributed by atoms with Gasteiger partial charge in [0.2, 0.25) is 3.79 Å². The Bertz CT molecular complexity index is 473. The van der Waals surface area contributed by atoms with E-state index >= 15 is 0 Å². The van der Waals surface area contributed by atoms with Crippen LogP contribution in [0.2, 0.25) is 0 Å². The van der Waals surface area contributed by atoms with Crippen molar-refractivity contribution < 1.29 is 0 Å². The van der Waals surface area contributed by atoms with E-state index in [2.05, 4.69) is 4.98 Å². The van der Waals surface area contributed by atoms with Crippen molar-refractivity contribution in [3.05, 3.63) is 36.0 Å². The predicted octanol–water partition coefficient (Wildman–Crippen LogP) is 3.54. The molecular weight excluding hydrogens is 254 g/mol. The van der Waals surface area contributed by atoms with Gasteiger partial charge in [0.15, 0.2) is 0 Å². The highest BCUT2D eigenvalue weighted by atomic mass is 35.6. The van der Waals surface area contributed by atoms with Gasteiger partial charge >= 0.3 is 0 Å². The Morgan fingerprint density at radius 3 is 2.53 bits per heavy atom. The summed E-state index contributed by atoms with van der Waals surface area (Å²) in [7, 11) is 0. The highest BCUT2D eigenvalue weighted by Gasteiger charge is 2.32. The molecule has 1 heterocycles. The minimum Gasteiger partial charge on any atom is -0.361 e. The van der Waals surface area contributed by atoms with Crippen molar-refractivity contribution in [1.82, 2.24) is 4.98 Å². The van der Waals surface area contributed by atoms with Crippen molar-refractivity contribution >= 4 is 45.7 Å². The molecule has 1 aromatic carbocycles. The summed E-state index contributed by atoms with van der Waals surface area (Å²) in [5, 5.41) is 0.983. The lowest BCUT2D eigenvalue weighted by atomic mass is 10.1. The number of nitrogens with two attached hydrogens (primary N) is 1. The fourth-order valence-corrected chi connectivity index (χ4v) is 1.88. The van der Waals surface area contributed by atoms with Crippen LogP contribution >= 0.6 is 34.8 Å². The Morgan fingerprint density at radius 1 is 1.20 bits per heavy atom. The number of H-pyrrole nitrogens is 1. The molecule has 0 aliphatic rings. The zero-order valence-corrected chi connectivity index (χ0v) is 9.94. The third kappa shape index (κ3) is 2.08. The molecule has 0 aliphatic carbocycles. The number of benzene rings is 1. The number of alkyl halides is 3. The molecule has 0 saturated heterocycles. The number of aromatic nitrogens is 1. The first-order chi connectivity index (χ1) is 7.00. The number of fused-ring (bicyclic) bond motifs is 1. The molecule has 1 atom stereocenters. The molecule has 1 unspecified atom stereocenters. The van der Waals surface area contributed by atoms with Crippen molar-refractivity contribution in [2.45, 2.75) is 9.83 Å². The quantitative estimate of drug-likeness (QED) is 0.759. The maximum atomic E-state index is 5.87. The average Bonchev–Trinajstić information content (AvgIpc) is 2.58. The summed E-state index contributed by atoms with van der Waals surface area (Å²) in [4.78, 5) is 3.09. The number of hydrogen-bond donors (Lipinski definition) is 2. The van der Waals surface area contributed by atoms with Crippen LogP contribution in [-0.2, 0) is 0 Å². The Balaban J connectivity index is 2.53. The minimum atomic E-state index is -1.50. The summed E-state index contributed by atoms with van der Waals surface area (Å²) in [6.07, 6.45) is 1.78. The Labute approximate surface area is 102 Å². The molecule has 15 heavy (non-hydrogen) atoms. The summed E-state index contributed by atoms with van der Waals surface area (Å²) in [6, 6.07) is 7.11. The van der Waals surface area contributed by atoms with Crippen LogP contribution in [0.3, 0.4) is 0 Å². The van der Waals surface area contributed by atoms with Crippen molar-refractivity contribution in [1.29, 1.82) is 0 Å². The highest BCUT2D eigenvalue weighted by Crippen LogP contribution is 2.40. The van der Waals surface area contributed by atoms with Gasteiger partial charge in [-0.05, 0) is 11.6 Å². The maximum absolute atomic E-state index is 5.87. The van der Waals surface area contributed by atoms with Crippen LogP contribution in [0.1, 0.15) is 11.6 Å². The molecule has 0 aliphatic heterocycles. The molecule has 2 aromatic rings. The van der Waals surface area contributed by atoms with E-state index in [0.29, 0.717) is 0 Å². The van der Waals surface area contributed by atoms with Gasteiger partial charge in [-0.2, -0.15) is 0 Å². The lowest BCUT2D eigenvalue weighted by molar-refractivity contribution is 0.754. The van der Waals surface area contributed by atoms with E-state index in [1.165, 1.54) is 0 Å². The van der Waals surface area contributed by atoms with Gasteiger partial charge in [-0.3, -0.25) is 0 Å². The first kappa shape index (κ1) is 11.1. The number of hydrogen-bond acceptors (Lipinski definition) is 1. The van der Waals surface area contributed by atoms with Crippen molar-refractivity contribution in [2.75, 3.05) is 0 Å². The maximum Gasteiger partial charge on any atom is 0.209 e. The van der Waals surface area contributed by atoms with Gasteiger partial charge in [0.1, 0.15) is 0 Å². The summed E-state index contributed by atoms with van der Waals surface area (Å²) in [5.41, 5.74) is 7.66. The standard InChI is InChI=1S/C10H9Cl3N2/c11-10(12,13)9(14)7-5-15-8-4-2-1-3-6(7)8/h1-5,9,15H,14H2. The average molecular weight is 264 g/mol. The molecule has 0 radical (unpaired) electrons. The topological polar surface area (TPSA) is 41.8 Å². The molecule has 0 spiro atoms. The van der Waals surface area contributed by atoms with E-state index in [0.717, 1.165) is 16.5 Å². The van der Waals surface area contributed by atoms with Crippen LogP contribution < -0.4 is 5.73 Å². The van der Waals surface area contributed by atoms with Crippen LogP contribution in [0, 0.1) is 0 Å². The molecule has 0 bridgehead atoms. The number of halogens is 3. The molecule has 3 N–H and O–H groups in total. The molecule has 5 heteroatoms. The molecule has 80 valence electrons. The van der Waals surface area contributed by atoms with Gasteiger partial charge in [-0.1, -0.05) is 53.0 Å². The lowest BCUT2D eigenvalue weighted by Crippen LogP contribution is -2.25. The van der Waals surface area contributed by atoms with Gasteiger partial charge < -0.3 is 10.7 Å². The van der Waals surface area contributed by atoms with Crippen molar-refractivity contribution in [3.8, 4) is 0 Å². The van der Waals surface area contributed by atoms with E-state index in [1.54, 1.807) is 6.20 Å². The first-order valence-corrected chi connectivity index (χ1v) is 5.52. The number of rotatable bonds is 1. The summed E-state index contributed by atoms with van der Waals surface area (Å²) in [5.74, 6) is 0. The molecule has 0 amide bonds. The third-order valence-electron chi connectivity index (χ3n) is 2.31. The smallest absolute Gasteiger partial charge is 0.209 e. The van der Waals surface area contributed by atoms with Gasteiger partial charge in [0, 0.05) is 17.1 Å². The van der Waals surface area contributed by atoms with Gasteiger partial charge in [-0.15, -0.1) is 0 Å². The highest BCUT2D eigenvalue weighted by molar-refractivity contribution is 6.68. The number of para-hydroxylation sites is 1. The SMILES string of the molecule is NC(c1c[nH]c2ccccc12)C(Cl)(Cl)Cl. The number of aromatic amines is 1. The van der Waals surface area contributed by atoms with Crippen LogP contribution in [0.5, 0.6) is 0 Å². The van der Waals surface area contributed by atoms with Crippen molar-refractivity contribution in [3.63, 3.8) is 0 Å². The van der Waals surface area contributed by atoms with E-state index in [1.807, 2.05) is 24.3 Å². The lowest BCUT2D eigenvalue weighted by Gasteiger charge is -2.19. The van der Waals surface area contributed by atoms with Crippen LogP contribution in [0.4, 0.5) is 0 Å². The van der Waals surface area contributed by atoms with Gasteiger partial charge in [0.25, 0.3) is 0 Å². The predicted molar refractivity (Wildman–Crippen MR) is 65.5 cm³/mol. The molecule has 1 aromatic heterocycles. The van der Waals surface area contributed by atoms with E-state index in [4.69, 9.17) is 40.5 Å². The van der Waals surface area contributed by atoms with Crippen molar-refractivity contribution in [2.24, 2.45) is 5.73 Å². The second kappa shape index (κ2) is 3.87. The molecule has 0 saturated carbocycles. The monoisotopic (exact) mass is 262 g/mol. The third-order valence-corrected chi connectivity index (χ3v) is 3.01. The zero-order valence-electron chi connectivity index (χ0n) is 7.68. The Morgan fingerprint density at radius 2 is 1.87 bits per heavy atom. The van der Waals surface area contributed by atoms with E-state index < -0.39 is 9.83 Å². The molecule has 2 nitrogen and oxygen atoms in total. The Hall–Kier alpha value is -0.410. The van der Waals surface area contributed by atoms with E-state index in [-0.39, 0.29) is 0 Å². The first-order valence-electron chi connectivity index (χ1n) is 4.38. The number of nitrogens with one attached hydrogen (secondary N) is 1.